The number of aromatic nitrogens is 4. The number of halogens is 1. The molecule has 0 saturated heterocycles. The number of nitrogens with one attached hydrogen (secondary N) is 1. The van der Waals surface area contributed by atoms with Gasteiger partial charge >= 0.3 is 0 Å². The molecule has 2 saturated carbocycles. The Balaban J connectivity index is 1.40. The standard InChI is InChI=1S/C19H24BrN5O/c1-11(17-10-13-3-4-15(17)9-13)21-19(26)12(2)25-23-18(22-24-25)14-5-7-16(20)8-6-14/h5-8,11-13,15,17H,3-4,9-10H2,1-2H3,(H,21,26). The highest BCUT2D eigenvalue weighted by Crippen LogP contribution is 2.49. The van der Waals surface area contributed by atoms with Crippen molar-refractivity contribution in [2.45, 2.75) is 51.6 Å². The Morgan fingerprint density at radius 2 is 2.00 bits per heavy atom. The van der Waals surface area contributed by atoms with Crippen LogP contribution in [0.5, 0.6) is 0 Å². The second kappa shape index (κ2) is 7.10. The van der Waals surface area contributed by atoms with Crippen LogP contribution in [0.3, 0.4) is 0 Å². The zero-order valence-corrected chi connectivity index (χ0v) is 16.7. The number of carbonyl (C=O) groups excluding carboxylic acids is 1. The van der Waals surface area contributed by atoms with Crippen molar-refractivity contribution in [3.05, 3.63) is 28.7 Å². The van der Waals surface area contributed by atoms with Crippen molar-refractivity contribution in [2.75, 3.05) is 0 Å². The molecule has 2 bridgehead atoms. The number of rotatable bonds is 5. The zero-order valence-electron chi connectivity index (χ0n) is 15.1. The highest BCUT2D eigenvalue weighted by molar-refractivity contribution is 9.10. The molecular weight excluding hydrogens is 394 g/mol. The van der Waals surface area contributed by atoms with Gasteiger partial charge in [0.25, 0.3) is 0 Å². The molecule has 1 heterocycles. The Hall–Kier alpha value is -1.76. The SMILES string of the molecule is CC(NC(=O)C(C)n1nnc(-c2ccc(Br)cc2)n1)C1CC2CCC1C2. The summed E-state index contributed by atoms with van der Waals surface area (Å²) in [5, 5.41) is 15.8. The van der Waals surface area contributed by atoms with Gasteiger partial charge in [0.05, 0.1) is 0 Å². The molecule has 1 aromatic heterocycles. The number of benzene rings is 1. The van der Waals surface area contributed by atoms with E-state index in [4.69, 9.17) is 0 Å². The van der Waals surface area contributed by atoms with Crippen molar-refractivity contribution in [2.24, 2.45) is 17.8 Å². The lowest BCUT2D eigenvalue weighted by atomic mass is 9.84. The second-order valence-corrected chi connectivity index (χ2v) is 8.67. The first kappa shape index (κ1) is 17.6. The molecule has 5 unspecified atom stereocenters. The van der Waals surface area contributed by atoms with Crippen molar-refractivity contribution in [1.82, 2.24) is 25.5 Å². The fourth-order valence-corrected chi connectivity index (χ4v) is 4.83. The van der Waals surface area contributed by atoms with E-state index in [9.17, 15) is 4.79 Å². The molecule has 1 aromatic carbocycles. The summed E-state index contributed by atoms with van der Waals surface area (Å²) >= 11 is 3.41. The first-order valence-electron chi connectivity index (χ1n) is 9.37. The summed E-state index contributed by atoms with van der Waals surface area (Å²) in [5.74, 6) is 2.77. The molecule has 4 rings (SSSR count). The fraction of sp³-hybridized carbons (Fsp3) is 0.579. The van der Waals surface area contributed by atoms with Gasteiger partial charge in [-0.2, -0.15) is 4.80 Å². The van der Waals surface area contributed by atoms with E-state index in [1.54, 1.807) is 0 Å². The summed E-state index contributed by atoms with van der Waals surface area (Å²) in [6.07, 6.45) is 5.31. The Morgan fingerprint density at radius 3 is 2.65 bits per heavy atom. The van der Waals surface area contributed by atoms with Gasteiger partial charge in [-0.3, -0.25) is 4.79 Å². The van der Waals surface area contributed by atoms with Crippen LogP contribution in [0.2, 0.25) is 0 Å². The van der Waals surface area contributed by atoms with E-state index in [0.29, 0.717) is 11.7 Å². The molecular formula is C19H24BrN5O. The maximum Gasteiger partial charge on any atom is 0.246 e. The van der Waals surface area contributed by atoms with Gasteiger partial charge in [-0.1, -0.05) is 22.4 Å². The summed E-state index contributed by atoms with van der Waals surface area (Å²) in [7, 11) is 0. The van der Waals surface area contributed by atoms with Gasteiger partial charge in [0.15, 0.2) is 0 Å². The van der Waals surface area contributed by atoms with Crippen molar-refractivity contribution in [3.63, 3.8) is 0 Å². The highest BCUT2D eigenvalue weighted by atomic mass is 79.9. The summed E-state index contributed by atoms with van der Waals surface area (Å²) in [6.45, 7) is 3.95. The van der Waals surface area contributed by atoms with Gasteiger partial charge < -0.3 is 5.32 Å². The molecule has 0 aliphatic heterocycles. The molecule has 7 heteroatoms. The monoisotopic (exact) mass is 417 g/mol. The average Bonchev–Trinajstić information content (AvgIpc) is 3.38. The van der Waals surface area contributed by atoms with E-state index in [0.717, 1.165) is 21.9 Å². The van der Waals surface area contributed by atoms with Crippen LogP contribution in [-0.4, -0.2) is 32.2 Å². The number of hydrogen-bond acceptors (Lipinski definition) is 4. The lowest BCUT2D eigenvalue weighted by molar-refractivity contribution is -0.125. The number of nitrogens with zero attached hydrogens (tertiary/aromatic N) is 4. The van der Waals surface area contributed by atoms with Gasteiger partial charge in [-0.05, 0) is 80.3 Å². The molecule has 2 fully saturated rings. The molecule has 6 nitrogen and oxygen atoms in total. The van der Waals surface area contributed by atoms with Crippen LogP contribution in [0.1, 0.15) is 45.6 Å². The van der Waals surface area contributed by atoms with Gasteiger partial charge in [0.2, 0.25) is 11.7 Å². The van der Waals surface area contributed by atoms with E-state index >= 15 is 0 Å². The quantitative estimate of drug-likeness (QED) is 0.806. The average molecular weight is 418 g/mol. The number of tetrazole rings is 1. The first-order chi connectivity index (χ1) is 12.5. The zero-order chi connectivity index (χ0) is 18.3. The minimum Gasteiger partial charge on any atom is -0.351 e. The van der Waals surface area contributed by atoms with E-state index in [1.807, 2.05) is 31.2 Å². The molecule has 2 aliphatic rings. The molecule has 26 heavy (non-hydrogen) atoms. The van der Waals surface area contributed by atoms with E-state index < -0.39 is 6.04 Å². The Labute approximate surface area is 161 Å². The maximum atomic E-state index is 12.7. The third-order valence-corrected chi connectivity index (χ3v) is 6.59. The molecule has 0 radical (unpaired) electrons. The number of hydrogen-bond donors (Lipinski definition) is 1. The maximum absolute atomic E-state index is 12.7. The molecule has 2 aromatic rings. The number of fused-ring (bicyclic) bond motifs is 2. The van der Waals surface area contributed by atoms with Gasteiger partial charge in [0.1, 0.15) is 6.04 Å². The predicted octanol–water partition coefficient (Wildman–Crippen LogP) is 3.60. The van der Waals surface area contributed by atoms with Gasteiger partial charge in [-0.25, -0.2) is 0 Å². The number of amides is 1. The Bertz CT molecular complexity index is 789. The van der Waals surface area contributed by atoms with E-state index in [-0.39, 0.29) is 11.9 Å². The second-order valence-electron chi connectivity index (χ2n) is 7.75. The summed E-state index contributed by atoms with van der Waals surface area (Å²) in [6, 6.07) is 7.44. The van der Waals surface area contributed by atoms with Crippen LogP contribution >= 0.6 is 15.9 Å². The molecule has 1 amide bonds. The molecule has 5 atom stereocenters. The molecule has 2 aliphatic carbocycles. The van der Waals surface area contributed by atoms with E-state index in [2.05, 4.69) is 43.6 Å². The summed E-state index contributed by atoms with van der Waals surface area (Å²) in [4.78, 5) is 14.1. The number of carbonyl (C=O) groups is 1. The van der Waals surface area contributed by atoms with E-state index in [1.165, 1.54) is 30.5 Å². The third kappa shape index (κ3) is 3.41. The lowest BCUT2D eigenvalue weighted by Gasteiger charge is -2.29. The van der Waals surface area contributed by atoms with Crippen molar-refractivity contribution < 1.29 is 4.79 Å². The predicted molar refractivity (Wildman–Crippen MR) is 102 cm³/mol. The van der Waals surface area contributed by atoms with Crippen molar-refractivity contribution in [1.29, 1.82) is 0 Å². The normalized spacial score (nSPS) is 26.7. The minimum absolute atomic E-state index is 0.0416. The Kier molecular flexibility index (Phi) is 4.82. The largest absolute Gasteiger partial charge is 0.351 e. The van der Waals surface area contributed by atoms with Crippen LogP contribution in [-0.2, 0) is 4.79 Å². The van der Waals surface area contributed by atoms with Gasteiger partial charge in [-0.15, -0.1) is 10.2 Å². The van der Waals surface area contributed by atoms with Crippen LogP contribution in [0.25, 0.3) is 11.4 Å². The molecule has 0 spiro atoms. The smallest absolute Gasteiger partial charge is 0.246 e. The highest BCUT2D eigenvalue weighted by Gasteiger charge is 2.42. The lowest BCUT2D eigenvalue weighted by Crippen LogP contribution is -2.43. The topological polar surface area (TPSA) is 72.7 Å². The molecule has 1 N–H and O–H groups in total. The van der Waals surface area contributed by atoms with Gasteiger partial charge in [0, 0.05) is 16.1 Å². The van der Waals surface area contributed by atoms with Crippen LogP contribution in [0, 0.1) is 17.8 Å². The van der Waals surface area contributed by atoms with Crippen LogP contribution < -0.4 is 5.32 Å². The van der Waals surface area contributed by atoms with Crippen molar-refractivity contribution >= 4 is 21.8 Å². The van der Waals surface area contributed by atoms with Crippen LogP contribution in [0.4, 0.5) is 0 Å². The summed E-state index contributed by atoms with van der Waals surface area (Å²) < 4.78 is 0.996. The molecule has 138 valence electrons. The Morgan fingerprint density at radius 1 is 1.23 bits per heavy atom. The third-order valence-electron chi connectivity index (χ3n) is 6.06. The fourth-order valence-electron chi connectivity index (χ4n) is 4.57. The van der Waals surface area contributed by atoms with Crippen molar-refractivity contribution in [3.8, 4) is 11.4 Å². The minimum atomic E-state index is -0.479. The van der Waals surface area contributed by atoms with Crippen LogP contribution in [0.15, 0.2) is 28.7 Å². The first-order valence-corrected chi connectivity index (χ1v) is 10.2. The summed E-state index contributed by atoms with van der Waals surface area (Å²) in [5.41, 5.74) is 0.877.